The molecule has 1 aliphatic heterocycles. The van der Waals surface area contributed by atoms with Crippen molar-refractivity contribution in [3.05, 3.63) is 47.2 Å². The molecule has 1 N–H and O–H groups in total. The highest BCUT2D eigenvalue weighted by Crippen LogP contribution is 2.21. The van der Waals surface area contributed by atoms with Crippen molar-refractivity contribution in [2.45, 2.75) is 19.3 Å². The molecule has 0 saturated carbocycles. The molecule has 158 valence electrons. The van der Waals surface area contributed by atoms with E-state index in [0.29, 0.717) is 19.0 Å². The maximum Gasteiger partial charge on any atom is 0.246 e. The Morgan fingerprint density at radius 2 is 2.03 bits per heavy atom. The molecule has 1 aromatic heterocycles. The van der Waals surface area contributed by atoms with Crippen LogP contribution in [0.15, 0.2) is 41.7 Å². The van der Waals surface area contributed by atoms with Gasteiger partial charge in [-0.05, 0) is 24.1 Å². The molecule has 0 radical (unpaired) electrons. The molecular formula is C20H28ClIN6O. The monoisotopic (exact) mass is 530 g/mol. The van der Waals surface area contributed by atoms with Crippen molar-refractivity contribution in [2.75, 3.05) is 38.1 Å². The Hall–Kier alpha value is -1.81. The van der Waals surface area contributed by atoms with Gasteiger partial charge in [-0.15, -0.1) is 24.0 Å². The van der Waals surface area contributed by atoms with E-state index in [1.807, 2.05) is 30.3 Å². The molecule has 3 rings (SSSR count). The minimum absolute atomic E-state index is 0. The van der Waals surface area contributed by atoms with Gasteiger partial charge in [0.1, 0.15) is 6.54 Å². The van der Waals surface area contributed by atoms with E-state index in [1.165, 1.54) is 5.56 Å². The smallest absolute Gasteiger partial charge is 0.246 e. The minimum Gasteiger partial charge on any atom is -0.356 e. The zero-order chi connectivity index (χ0) is 20.1. The first-order valence-corrected chi connectivity index (χ1v) is 9.89. The van der Waals surface area contributed by atoms with Crippen LogP contribution in [0.25, 0.3) is 0 Å². The quantitative estimate of drug-likeness (QED) is 0.367. The number of aliphatic imine (C=N–C) groups is 1. The number of aryl methyl sites for hydroxylation is 1. The number of hydrogen-bond acceptors (Lipinski definition) is 3. The van der Waals surface area contributed by atoms with Crippen molar-refractivity contribution in [1.29, 1.82) is 0 Å². The first-order chi connectivity index (χ1) is 13.5. The van der Waals surface area contributed by atoms with E-state index in [9.17, 15) is 4.79 Å². The van der Waals surface area contributed by atoms with Crippen molar-refractivity contribution < 1.29 is 4.79 Å². The highest BCUT2D eigenvalue weighted by atomic mass is 127. The zero-order valence-electron chi connectivity index (χ0n) is 17.0. The molecule has 1 fully saturated rings. The van der Waals surface area contributed by atoms with Crippen molar-refractivity contribution in [2.24, 2.45) is 12.0 Å². The maximum atomic E-state index is 12.6. The van der Waals surface area contributed by atoms with Crippen molar-refractivity contribution in [3.63, 3.8) is 0 Å². The number of benzene rings is 1. The number of aromatic nitrogens is 2. The van der Waals surface area contributed by atoms with Crippen LogP contribution in [0.2, 0.25) is 5.02 Å². The summed E-state index contributed by atoms with van der Waals surface area (Å²) in [4.78, 5) is 20.8. The fourth-order valence-corrected chi connectivity index (χ4v) is 3.58. The predicted octanol–water partition coefficient (Wildman–Crippen LogP) is 3.11. The lowest BCUT2D eigenvalue weighted by Crippen LogP contribution is -2.55. The van der Waals surface area contributed by atoms with E-state index in [1.54, 1.807) is 22.8 Å². The largest absolute Gasteiger partial charge is 0.356 e. The van der Waals surface area contributed by atoms with Crippen LogP contribution >= 0.6 is 35.6 Å². The Bertz CT molecular complexity index is 838. The van der Waals surface area contributed by atoms with Gasteiger partial charge in [-0.3, -0.25) is 14.5 Å². The number of nitrogens with one attached hydrogen (secondary N) is 1. The number of amides is 1. The molecule has 1 atom stereocenters. The molecule has 0 bridgehead atoms. The Labute approximate surface area is 194 Å². The van der Waals surface area contributed by atoms with E-state index in [-0.39, 0.29) is 29.9 Å². The van der Waals surface area contributed by atoms with E-state index < -0.39 is 0 Å². The summed E-state index contributed by atoms with van der Waals surface area (Å²) in [7, 11) is 3.60. The van der Waals surface area contributed by atoms with Crippen LogP contribution < -0.4 is 10.2 Å². The van der Waals surface area contributed by atoms with Gasteiger partial charge in [-0.2, -0.15) is 5.10 Å². The molecule has 0 spiro atoms. The van der Waals surface area contributed by atoms with Gasteiger partial charge in [0.25, 0.3) is 0 Å². The van der Waals surface area contributed by atoms with Crippen LogP contribution in [0.1, 0.15) is 24.8 Å². The predicted molar refractivity (Wildman–Crippen MR) is 128 cm³/mol. The van der Waals surface area contributed by atoms with E-state index in [4.69, 9.17) is 11.6 Å². The summed E-state index contributed by atoms with van der Waals surface area (Å²) in [5.41, 5.74) is 2.08. The van der Waals surface area contributed by atoms with E-state index in [0.717, 1.165) is 36.2 Å². The number of anilines is 1. The number of rotatable bonds is 5. The highest BCUT2D eigenvalue weighted by Gasteiger charge is 2.27. The van der Waals surface area contributed by atoms with E-state index in [2.05, 4.69) is 34.5 Å². The molecule has 7 nitrogen and oxygen atoms in total. The molecule has 1 unspecified atom stereocenters. The molecule has 2 aromatic rings. The second-order valence-electron chi connectivity index (χ2n) is 6.92. The van der Waals surface area contributed by atoms with Crippen molar-refractivity contribution in [1.82, 2.24) is 20.0 Å². The van der Waals surface area contributed by atoms with E-state index >= 15 is 0 Å². The lowest BCUT2D eigenvalue weighted by atomic mass is 9.96. The molecule has 1 amide bonds. The fourth-order valence-electron chi connectivity index (χ4n) is 3.45. The summed E-state index contributed by atoms with van der Waals surface area (Å²) in [5, 5.41) is 8.34. The molecule has 1 saturated heterocycles. The topological polar surface area (TPSA) is 65.8 Å². The molecule has 29 heavy (non-hydrogen) atoms. The van der Waals surface area contributed by atoms with Crippen LogP contribution in [-0.2, 0) is 11.8 Å². The summed E-state index contributed by atoms with van der Waals surface area (Å²) in [6.45, 7) is 4.55. The fraction of sp³-hybridized carbons (Fsp3) is 0.450. The van der Waals surface area contributed by atoms with Gasteiger partial charge in [-0.1, -0.05) is 30.7 Å². The summed E-state index contributed by atoms with van der Waals surface area (Å²) in [6, 6.07) is 7.98. The normalized spacial score (nSPS) is 15.9. The second kappa shape index (κ2) is 10.8. The molecule has 1 aromatic carbocycles. The third-order valence-corrected chi connectivity index (χ3v) is 5.33. The molecule has 2 heterocycles. The van der Waals surface area contributed by atoms with Crippen LogP contribution in [0, 0.1) is 0 Å². The van der Waals surface area contributed by atoms with Crippen LogP contribution in [-0.4, -0.2) is 59.8 Å². The Balaban J connectivity index is 0.00000300. The van der Waals surface area contributed by atoms with Crippen molar-refractivity contribution in [3.8, 4) is 0 Å². The number of nitrogens with zero attached hydrogens (tertiary/aromatic N) is 5. The third-order valence-electron chi connectivity index (χ3n) is 5.08. The average Bonchev–Trinajstić information content (AvgIpc) is 3.12. The summed E-state index contributed by atoms with van der Waals surface area (Å²) in [6.07, 6.45) is 4.58. The first-order valence-electron chi connectivity index (χ1n) is 9.52. The van der Waals surface area contributed by atoms with Gasteiger partial charge in [-0.25, -0.2) is 0 Å². The maximum absolute atomic E-state index is 12.6. The molecular weight excluding hydrogens is 503 g/mol. The van der Waals surface area contributed by atoms with Gasteiger partial charge in [0.2, 0.25) is 5.91 Å². The van der Waals surface area contributed by atoms with Crippen LogP contribution in [0.5, 0.6) is 0 Å². The van der Waals surface area contributed by atoms with Crippen molar-refractivity contribution >= 4 is 53.1 Å². The third kappa shape index (κ3) is 5.85. The van der Waals surface area contributed by atoms with Gasteiger partial charge < -0.3 is 15.1 Å². The number of piperazine rings is 1. The standard InChI is InChI=1S/C20H27ClN6O.HI/c1-4-15(16-5-7-17(21)8-6-16)11-23-20(22-2)26-9-10-27(19(28)14-26)18-12-24-25(3)13-18;/h5-8,12-13,15H,4,9-11,14H2,1-3H3,(H,22,23);1H. The number of hydrogen-bond donors (Lipinski definition) is 1. The zero-order valence-corrected chi connectivity index (χ0v) is 20.1. The van der Waals surface area contributed by atoms with Gasteiger partial charge in [0.05, 0.1) is 11.9 Å². The lowest BCUT2D eigenvalue weighted by Gasteiger charge is -2.35. The number of halogens is 2. The Morgan fingerprint density at radius 3 is 2.59 bits per heavy atom. The molecule has 0 aliphatic carbocycles. The minimum atomic E-state index is 0. The van der Waals surface area contributed by atoms with Crippen LogP contribution in [0.4, 0.5) is 5.69 Å². The first kappa shape index (κ1) is 23.5. The molecule has 9 heteroatoms. The SMILES string of the molecule is CCC(CNC(=NC)N1CCN(c2cnn(C)c2)C(=O)C1)c1ccc(Cl)cc1.I. The second-order valence-corrected chi connectivity index (χ2v) is 7.36. The Kier molecular flexibility index (Phi) is 8.76. The van der Waals surface area contributed by atoms with Crippen LogP contribution in [0.3, 0.4) is 0 Å². The number of guanidine groups is 1. The number of carbonyl (C=O) groups excluding carboxylic acids is 1. The van der Waals surface area contributed by atoms with Gasteiger partial charge in [0.15, 0.2) is 5.96 Å². The Morgan fingerprint density at radius 1 is 1.31 bits per heavy atom. The summed E-state index contributed by atoms with van der Waals surface area (Å²) >= 11 is 6.00. The summed E-state index contributed by atoms with van der Waals surface area (Å²) < 4.78 is 1.71. The highest BCUT2D eigenvalue weighted by molar-refractivity contribution is 14.0. The number of carbonyl (C=O) groups is 1. The summed E-state index contributed by atoms with van der Waals surface area (Å²) in [5.74, 6) is 1.15. The lowest BCUT2D eigenvalue weighted by molar-refractivity contribution is -0.120. The molecule has 1 aliphatic rings. The van der Waals surface area contributed by atoms with Gasteiger partial charge >= 0.3 is 0 Å². The average molecular weight is 531 g/mol. The van der Waals surface area contributed by atoms with Gasteiger partial charge in [0, 0.05) is 50.9 Å².